The van der Waals surface area contributed by atoms with Crippen LogP contribution >= 0.6 is 0 Å². The van der Waals surface area contributed by atoms with Crippen LogP contribution < -0.4 is 10.5 Å². The average Bonchev–Trinajstić information content (AvgIpc) is 2.55. The van der Waals surface area contributed by atoms with Crippen LogP contribution in [-0.4, -0.2) is 30.1 Å². The molecule has 0 spiro atoms. The monoisotopic (exact) mass is 232 g/mol. The summed E-state index contributed by atoms with van der Waals surface area (Å²) in [6.07, 6.45) is 5.38. The maximum Gasteiger partial charge on any atom is 0.119 e. The molecular weight excluding hydrogens is 212 g/mol. The molecule has 2 saturated heterocycles. The molecule has 2 N–H and O–H groups in total. The van der Waals surface area contributed by atoms with Crippen molar-refractivity contribution in [2.75, 3.05) is 12.8 Å². The van der Waals surface area contributed by atoms with Gasteiger partial charge in [-0.3, -0.25) is 0 Å². The third-order valence-electron chi connectivity index (χ3n) is 4.24. The van der Waals surface area contributed by atoms with Crippen molar-refractivity contribution in [2.45, 2.75) is 43.9 Å². The lowest BCUT2D eigenvalue weighted by molar-refractivity contribution is 0.0662. The van der Waals surface area contributed by atoms with Crippen molar-refractivity contribution >= 4 is 5.69 Å². The number of hydrogen-bond donors (Lipinski definition) is 1. The first-order valence-corrected chi connectivity index (χ1v) is 6.46. The van der Waals surface area contributed by atoms with Gasteiger partial charge in [-0.2, -0.15) is 0 Å². The molecule has 0 saturated carbocycles. The smallest absolute Gasteiger partial charge is 0.119 e. The Hall–Kier alpha value is -1.22. The van der Waals surface area contributed by atoms with Crippen molar-refractivity contribution < 1.29 is 4.74 Å². The van der Waals surface area contributed by atoms with E-state index >= 15 is 0 Å². The SMILES string of the molecule is CN1C2CCC1CC(Oc1ccc(N)cc1)C2. The molecule has 2 aliphatic heterocycles. The van der Waals surface area contributed by atoms with Gasteiger partial charge < -0.3 is 15.4 Å². The van der Waals surface area contributed by atoms with E-state index in [1.54, 1.807) is 0 Å². The molecule has 17 heavy (non-hydrogen) atoms. The highest BCUT2D eigenvalue weighted by molar-refractivity contribution is 5.41. The molecular formula is C14H20N2O. The Morgan fingerprint density at radius 1 is 1.12 bits per heavy atom. The zero-order chi connectivity index (χ0) is 11.8. The zero-order valence-electron chi connectivity index (χ0n) is 10.3. The van der Waals surface area contributed by atoms with Gasteiger partial charge in [0.1, 0.15) is 11.9 Å². The van der Waals surface area contributed by atoms with Crippen LogP contribution in [0.3, 0.4) is 0 Å². The maximum absolute atomic E-state index is 6.06. The van der Waals surface area contributed by atoms with Gasteiger partial charge >= 0.3 is 0 Å². The van der Waals surface area contributed by atoms with Crippen molar-refractivity contribution in [3.63, 3.8) is 0 Å². The van der Waals surface area contributed by atoms with Gasteiger partial charge in [0.25, 0.3) is 0 Å². The van der Waals surface area contributed by atoms with Crippen LogP contribution in [0.1, 0.15) is 25.7 Å². The molecule has 3 nitrogen and oxygen atoms in total. The van der Waals surface area contributed by atoms with Gasteiger partial charge in [-0.15, -0.1) is 0 Å². The summed E-state index contributed by atoms with van der Waals surface area (Å²) in [6, 6.07) is 9.20. The van der Waals surface area contributed by atoms with E-state index in [2.05, 4.69) is 11.9 Å². The van der Waals surface area contributed by atoms with Crippen LogP contribution in [0.5, 0.6) is 5.75 Å². The molecule has 0 radical (unpaired) electrons. The van der Waals surface area contributed by atoms with Crippen molar-refractivity contribution in [2.24, 2.45) is 0 Å². The molecule has 0 amide bonds. The molecule has 2 unspecified atom stereocenters. The Labute approximate surface area is 103 Å². The highest BCUT2D eigenvalue weighted by Gasteiger charge is 2.39. The largest absolute Gasteiger partial charge is 0.490 e. The number of ether oxygens (including phenoxy) is 1. The summed E-state index contributed by atoms with van der Waals surface area (Å²) in [5.74, 6) is 0.952. The second kappa shape index (κ2) is 4.22. The molecule has 3 heteroatoms. The predicted octanol–water partition coefficient (Wildman–Crippen LogP) is 2.27. The first kappa shape index (κ1) is 10.9. The predicted molar refractivity (Wildman–Crippen MR) is 69.1 cm³/mol. The number of anilines is 1. The Balaban J connectivity index is 1.65. The lowest BCUT2D eigenvalue weighted by Crippen LogP contribution is -2.43. The number of piperidine rings is 1. The first-order valence-electron chi connectivity index (χ1n) is 6.46. The fourth-order valence-corrected chi connectivity index (χ4v) is 3.20. The average molecular weight is 232 g/mol. The third kappa shape index (κ3) is 2.12. The Kier molecular flexibility index (Phi) is 2.71. The molecule has 1 aromatic carbocycles. The normalized spacial score (nSPS) is 32.6. The highest BCUT2D eigenvalue weighted by atomic mass is 16.5. The van der Waals surface area contributed by atoms with E-state index in [0.29, 0.717) is 6.10 Å². The van der Waals surface area contributed by atoms with Crippen LogP contribution in [-0.2, 0) is 0 Å². The molecule has 0 aliphatic carbocycles. The molecule has 2 bridgehead atoms. The lowest BCUT2D eigenvalue weighted by atomic mass is 10.0. The van der Waals surface area contributed by atoms with Gasteiger partial charge in [0.05, 0.1) is 0 Å². The van der Waals surface area contributed by atoms with Gasteiger partial charge in [-0.05, 0) is 57.0 Å². The van der Waals surface area contributed by atoms with E-state index in [1.165, 1.54) is 12.8 Å². The second-order valence-electron chi connectivity index (χ2n) is 5.33. The Bertz CT molecular complexity index is 376. The summed E-state index contributed by atoms with van der Waals surface area (Å²) < 4.78 is 6.06. The van der Waals surface area contributed by atoms with E-state index in [0.717, 1.165) is 36.4 Å². The molecule has 92 valence electrons. The van der Waals surface area contributed by atoms with Crippen LogP contribution in [0, 0.1) is 0 Å². The van der Waals surface area contributed by atoms with E-state index in [4.69, 9.17) is 10.5 Å². The Morgan fingerprint density at radius 3 is 2.29 bits per heavy atom. The molecule has 3 rings (SSSR count). The fourth-order valence-electron chi connectivity index (χ4n) is 3.20. The van der Waals surface area contributed by atoms with Crippen molar-refractivity contribution in [3.05, 3.63) is 24.3 Å². The van der Waals surface area contributed by atoms with Crippen LogP contribution in [0.2, 0.25) is 0 Å². The van der Waals surface area contributed by atoms with Gasteiger partial charge in [0.2, 0.25) is 0 Å². The van der Waals surface area contributed by atoms with E-state index < -0.39 is 0 Å². The minimum atomic E-state index is 0.382. The van der Waals surface area contributed by atoms with Crippen LogP contribution in [0.25, 0.3) is 0 Å². The number of nitrogen functional groups attached to an aromatic ring is 1. The number of benzene rings is 1. The summed E-state index contributed by atoms with van der Waals surface area (Å²) >= 11 is 0. The van der Waals surface area contributed by atoms with Gasteiger partial charge in [-0.25, -0.2) is 0 Å². The number of hydrogen-bond acceptors (Lipinski definition) is 3. The first-order chi connectivity index (χ1) is 8.22. The summed E-state index contributed by atoms with van der Waals surface area (Å²) in [6.45, 7) is 0. The molecule has 1 aromatic rings. The van der Waals surface area contributed by atoms with Gasteiger partial charge in [0.15, 0.2) is 0 Å². The Morgan fingerprint density at radius 2 is 1.71 bits per heavy atom. The molecule has 0 aromatic heterocycles. The summed E-state index contributed by atoms with van der Waals surface area (Å²) in [7, 11) is 2.25. The quantitative estimate of drug-likeness (QED) is 0.795. The van der Waals surface area contributed by atoms with Crippen molar-refractivity contribution in [1.29, 1.82) is 0 Å². The fraction of sp³-hybridized carbons (Fsp3) is 0.571. The minimum absolute atomic E-state index is 0.382. The lowest BCUT2D eigenvalue weighted by Gasteiger charge is -2.36. The second-order valence-corrected chi connectivity index (χ2v) is 5.33. The molecule has 2 heterocycles. The highest BCUT2D eigenvalue weighted by Crippen LogP contribution is 2.35. The molecule has 2 fully saturated rings. The standard InChI is InChI=1S/C14H20N2O/c1-16-11-4-5-12(16)9-14(8-11)17-13-6-2-10(15)3-7-13/h2-3,6-7,11-12,14H,4-5,8-9,15H2,1H3. The third-order valence-corrected chi connectivity index (χ3v) is 4.24. The van der Waals surface area contributed by atoms with Crippen molar-refractivity contribution in [3.8, 4) is 5.75 Å². The topological polar surface area (TPSA) is 38.5 Å². The summed E-state index contributed by atoms with van der Waals surface area (Å²) in [5.41, 5.74) is 6.46. The van der Waals surface area contributed by atoms with E-state index in [1.807, 2.05) is 24.3 Å². The number of nitrogens with two attached hydrogens (primary N) is 1. The van der Waals surface area contributed by atoms with Crippen LogP contribution in [0.15, 0.2) is 24.3 Å². The number of fused-ring (bicyclic) bond motifs is 2. The van der Waals surface area contributed by atoms with Gasteiger partial charge in [-0.1, -0.05) is 0 Å². The van der Waals surface area contributed by atoms with E-state index in [-0.39, 0.29) is 0 Å². The van der Waals surface area contributed by atoms with Gasteiger partial charge in [0, 0.05) is 17.8 Å². The number of nitrogens with zero attached hydrogens (tertiary/aromatic N) is 1. The molecule has 2 atom stereocenters. The van der Waals surface area contributed by atoms with Crippen molar-refractivity contribution in [1.82, 2.24) is 4.90 Å². The zero-order valence-corrected chi connectivity index (χ0v) is 10.3. The maximum atomic E-state index is 6.06. The minimum Gasteiger partial charge on any atom is -0.490 e. The summed E-state index contributed by atoms with van der Waals surface area (Å²) in [4.78, 5) is 2.53. The summed E-state index contributed by atoms with van der Waals surface area (Å²) in [5, 5.41) is 0. The van der Waals surface area contributed by atoms with Crippen LogP contribution in [0.4, 0.5) is 5.69 Å². The van der Waals surface area contributed by atoms with E-state index in [9.17, 15) is 0 Å². The number of rotatable bonds is 2. The molecule has 2 aliphatic rings.